The predicted octanol–water partition coefficient (Wildman–Crippen LogP) is 1.39. The van der Waals surface area contributed by atoms with Crippen molar-refractivity contribution < 1.29 is 15.3 Å². The maximum atomic E-state index is 9.54. The zero-order chi connectivity index (χ0) is 10.9. The Morgan fingerprint density at radius 2 is 1.64 bits per heavy atom. The SMILES string of the molecule is CC[C@@](C)(N)c1c(O)cc(O)cc1O. The first kappa shape index (κ1) is 10.7. The van der Waals surface area contributed by atoms with E-state index in [2.05, 4.69) is 0 Å². The van der Waals surface area contributed by atoms with Crippen molar-refractivity contribution in [3.8, 4) is 17.2 Å². The summed E-state index contributed by atoms with van der Waals surface area (Å²) in [7, 11) is 0. The van der Waals surface area contributed by atoms with Crippen LogP contribution in [0.3, 0.4) is 0 Å². The fourth-order valence-electron chi connectivity index (χ4n) is 1.36. The Balaban J connectivity index is 3.35. The molecule has 78 valence electrons. The lowest BCUT2D eigenvalue weighted by Crippen LogP contribution is -2.32. The van der Waals surface area contributed by atoms with Gasteiger partial charge in [-0.15, -0.1) is 0 Å². The van der Waals surface area contributed by atoms with Gasteiger partial charge in [0.1, 0.15) is 17.2 Å². The van der Waals surface area contributed by atoms with Gasteiger partial charge in [0.25, 0.3) is 0 Å². The van der Waals surface area contributed by atoms with Crippen LogP contribution in [0.4, 0.5) is 0 Å². The number of hydrogen-bond donors (Lipinski definition) is 4. The van der Waals surface area contributed by atoms with Crippen LogP contribution in [0.25, 0.3) is 0 Å². The molecule has 0 unspecified atom stereocenters. The molecule has 4 heteroatoms. The van der Waals surface area contributed by atoms with Gasteiger partial charge in [-0.1, -0.05) is 6.92 Å². The van der Waals surface area contributed by atoms with Crippen LogP contribution in [0, 0.1) is 0 Å². The smallest absolute Gasteiger partial charge is 0.128 e. The Labute approximate surface area is 82.6 Å². The molecule has 1 aromatic rings. The molecule has 0 aliphatic rings. The van der Waals surface area contributed by atoms with Crippen LogP contribution >= 0.6 is 0 Å². The molecule has 0 saturated heterocycles. The third-order valence-electron chi connectivity index (χ3n) is 2.39. The zero-order valence-electron chi connectivity index (χ0n) is 8.28. The highest BCUT2D eigenvalue weighted by Gasteiger charge is 2.26. The van der Waals surface area contributed by atoms with Crippen LogP contribution in [0.2, 0.25) is 0 Å². The average Bonchev–Trinajstić information content (AvgIpc) is 2.01. The number of phenolic OH excluding ortho intramolecular Hbond substituents is 3. The molecule has 0 fully saturated rings. The largest absolute Gasteiger partial charge is 0.508 e. The van der Waals surface area contributed by atoms with E-state index < -0.39 is 5.54 Å². The predicted molar refractivity (Wildman–Crippen MR) is 53.3 cm³/mol. The first-order chi connectivity index (χ1) is 6.38. The second kappa shape index (κ2) is 3.38. The first-order valence-electron chi connectivity index (χ1n) is 4.42. The third-order valence-corrected chi connectivity index (χ3v) is 2.39. The van der Waals surface area contributed by atoms with Crippen molar-refractivity contribution in [2.24, 2.45) is 5.73 Å². The number of nitrogens with two attached hydrogens (primary N) is 1. The molecule has 0 heterocycles. The highest BCUT2D eigenvalue weighted by molar-refractivity contribution is 5.51. The standard InChI is InChI=1S/C10H15NO3/c1-3-10(2,11)9-7(13)4-6(12)5-8(9)14/h4-5,12-14H,3,11H2,1-2H3/t10-/m1/s1. The molecule has 5 N–H and O–H groups in total. The van der Waals surface area contributed by atoms with E-state index in [1.807, 2.05) is 6.92 Å². The molecular formula is C10H15NO3. The van der Waals surface area contributed by atoms with E-state index in [-0.39, 0.29) is 22.8 Å². The van der Waals surface area contributed by atoms with Gasteiger partial charge in [-0.25, -0.2) is 0 Å². The van der Waals surface area contributed by atoms with Crippen LogP contribution in [0.5, 0.6) is 17.2 Å². The summed E-state index contributed by atoms with van der Waals surface area (Å²) in [6.45, 7) is 3.56. The Morgan fingerprint density at radius 1 is 1.21 bits per heavy atom. The van der Waals surface area contributed by atoms with Gasteiger partial charge in [-0.05, 0) is 13.3 Å². The van der Waals surface area contributed by atoms with E-state index in [4.69, 9.17) is 10.8 Å². The number of hydrogen-bond acceptors (Lipinski definition) is 4. The summed E-state index contributed by atoms with van der Waals surface area (Å²) in [5, 5.41) is 28.2. The lowest BCUT2D eigenvalue weighted by molar-refractivity contribution is 0.376. The summed E-state index contributed by atoms with van der Waals surface area (Å²) in [4.78, 5) is 0. The lowest BCUT2D eigenvalue weighted by Gasteiger charge is -2.25. The molecule has 14 heavy (non-hydrogen) atoms. The topological polar surface area (TPSA) is 86.7 Å². The van der Waals surface area contributed by atoms with Crippen molar-refractivity contribution in [3.05, 3.63) is 17.7 Å². The highest BCUT2D eigenvalue weighted by Crippen LogP contribution is 2.39. The molecule has 1 aromatic carbocycles. The van der Waals surface area contributed by atoms with E-state index >= 15 is 0 Å². The van der Waals surface area contributed by atoms with Gasteiger partial charge in [0.15, 0.2) is 0 Å². The molecule has 1 atom stereocenters. The Bertz CT molecular complexity index is 324. The van der Waals surface area contributed by atoms with Crippen molar-refractivity contribution in [3.63, 3.8) is 0 Å². The molecular weight excluding hydrogens is 182 g/mol. The summed E-state index contributed by atoms with van der Waals surface area (Å²) in [5.74, 6) is -0.556. The van der Waals surface area contributed by atoms with Crippen molar-refractivity contribution in [2.75, 3.05) is 0 Å². The molecule has 1 rings (SSSR count). The molecule has 0 saturated carbocycles. The Morgan fingerprint density at radius 3 is 2.00 bits per heavy atom. The minimum atomic E-state index is -0.804. The normalized spacial score (nSPS) is 15.1. The maximum Gasteiger partial charge on any atom is 0.128 e. The summed E-state index contributed by atoms with van der Waals surface area (Å²) in [5.41, 5.74) is 5.35. The molecule has 0 aliphatic heterocycles. The van der Waals surface area contributed by atoms with Crippen molar-refractivity contribution in [2.45, 2.75) is 25.8 Å². The minimum absolute atomic E-state index is 0.185. The molecule has 0 aromatic heterocycles. The Kier molecular flexibility index (Phi) is 2.57. The number of rotatable bonds is 2. The van der Waals surface area contributed by atoms with Crippen LogP contribution in [-0.2, 0) is 5.54 Å². The van der Waals surface area contributed by atoms with Crippen LogP contribution in [0.15, 0.2) is 12.1 Å². The highest BCUT2D eigenvalue weighted by atomic mass is 16.3. The van der Waals surface area contributed by atoms with E-state index in [9.17, 15) is 10.2 Å². The zero-order valence-corrected chi connectivity index (χ0v) is 8.28. The van der Waals surface area contributed by atoms with E-state index in [1.165, 1.54) is 0 Å². The van der Waals surface area contributed by atoms with Crippen LogP contribution in [-0.4, -0.2) is 15.3 Å². The minimum Gasteiger partial charge on any atom is -0.508 e. The lowest BCUT2D eigenvalue weighted by atomic mass is 9.89. The van der Waals surface area contributed by atoms with Crippen LogP contribution < -0.4 is 5.73 Å². The molecule has 4 nitrogen and oxygen atoms in total. The Hall–Kier alpha value is -1.42. The van der Waals surface area contributed by atoms with Crippen LogP contribution in [0.1, 0.15) is 25.8 Å². The number of aromatic hydroxyl groups is 3. The average molecular weight is 197 g/mol. The van der Waals surface area contributed by atoms with Crippen molar-refractivity contribution in [1.29, 1.82) is 0 Å². The molecule has 0 spiro atoms. The van der Waals surface area contributed by atoms with Gasteiger partial charge < -0.3 is 21.1 Å². The molecule has 0 bridgehead atoms. The fourth-order valence-corrected chi connectivity index (χ4v) is 1.36. The maximum absolute atomic E-state index is 9.54. The quantitative estimate of drug-likeness (QED) is 0.577. The number of phenols is 3. The van der Waals surface area contributed by atoms with Crippen molar-refractivity contribution >= 4 is 0 Å². The molecule has 0 radical (unpaired) electrons. The van der Waals surface area contributed by atoms with Gasteiger partial charge in [0.2, 0.25) is 0 Å². The van der Waals surface area contributed by atoms with Gasteiger partial charge >= 0.3 is 0 Å². The van der Waals surface area contributed by atoms with E-state index in [1.54, 1.807) is 6.92 Å². The second-order valence-electron chi connectivity index (χ2n) is 3.63. The molecule has 0 aliphatic carbocycles. The summed E-state index contributed by atoms with van der Waals surface area (Å²) >= 11 is 0. The van der Waals surface area contributed by atoms with Gasteiger partial charge in [-0.3, -0.25) is 0 Å². The molecule has 0 amide bonds. The van der Waals surface area contributed by atoms with Gasteiger partial charge in [0.05, 0.1) is 5.56 Å². The second-order valence-corrected chi connectivity index (χ2v) is 3.63. The monoisotopic (exact) mass is 197 g/mol. The first-order valence-corrected chi connectivity index (χ1v) is 4.42. The summed E-state index contributed by atoms with van der Waals surface area (Å²) in [6, 6.07) is 2.33. The van der Waals surface area contributed by atoms with E-state index in [0.29, 0.717) is 6.42 Å². The summed E-state index contributed by atoms with van der Waals surface area (Å²) in [6.07, 6.45) is 0.568. The fraction of sp³-hybridized carbons (Fsp3) is 0.400. The third kappa shape index (κ3) is 1.75. The van der Waals surface area contributed by atoms with Gasteiger partial charge in [0, 0.05) is 17.7 Å². The van der Waals surface area contributed by atoms with Gasteiger partial charge in [-0.2, -0.15) is 0 Å². The van der Waals surface area contributed by atoms with E-state index in [0.717, 1.165) is 12.1 Å². The number of benzene rings is 1. The van der Waals surface area contributed by atoms with Crippen molar-refractivity contribution in [1.82, 2.24) is 0 Å². The summed E-state index contributed by atoms with van der Waals surface area (Å²) < 4.78 is 0.